The highest BCUT2D eigenvalue weighted by Crippen LogP contribution is 2.34. The largest absolute Gasteiger partial charge is 0.493 e. The normalized spacial score (nSPS) is 11.9. The van der Waals surface area contributed by atoms with E-state index in [-0.39, 0.29) is 32.7 Å². The summed E-state index contributed by atoms with van der Waals surface area (Å²) < 4.78 is 74.2. The van der Waals surface area contributed by atoms with Crippen molar-refractivity contribution < 1.29 is 35.3 Å². The van der Waals surface area contributed by atoms with Gasteiger partial charge in [-0.05, 0) is 54.1 Å². The zero-order chi connectivity index (χ0) is 26.5. The fourth-order valence-corrected chi connectivity index (χ4v) is 4.02. The van der Waals surface area contributed by atoms with Crippen LogP contribution in [0.1, 0.15) is 11.1 Å². The smallest absolute Gasteiger partial charge is 0.416 e. The third-order valence-electron chi connectivity index (χ3n) is 4.64. The van der Waals surface area contributed by atoms with Gasteiger partial charge < -0.3 is 14.2 Å². The Bertz CT molecular complexity index is 1470. The minimum Gasteiger partial charge on any atom is -0.493 e. The van der Waals surface area contributed by atoms with E-state index in [2.05, 4.69) is 5.32 Å². The number of rotatable bonds is 7. The number of hydrogen-bond donors (Lipinski definition) is 1. The molecule has 0 radical (unpaired) electrons. The quantitative estimate of drug-likeness (QED) is 0.236. The Morgan fingerprint density at radius 3 is 2.36 bits per heavy atom. The molecule has 0 saturated heterocycles. The van der Waals surface area contributed by atoms with Crippen LogP contribution in [-0.4, -0.2) is 21.4 Å². The molecule has 0 bridgehead atoms. The van der Waals surface area contributed by atoms with Crippen LogP contribution in [0.4, 0.5) is 18.9 Å². The molecule has 0 heterocycles. The van der Waals surface area contributed by atoms with E-state index in [1.165, 1.54) is 49.6 Å². The van der Waals surface area contributed by atoms with E-state index in [0.29, 0.717) is 6.07 Å². The maximum atomic E-state index is 13.0. The summed E-state index contributed by atoms with van der Waals surface area (Å²) in [5, 5.41) is 11.5. The van der Waals surface area contributed by atoms with Crippen LogP contribution in [0.25, 0.3) is 6.08 Å². The molecule has 0 fully saturated rings. The number of nitriles is 1. The summed E-state index contributed by atoms with van der Waals surface area (Å²) in [6.07, 6.45) is -3.53. The second-order valence-corrected chi connectivity index (χ2v) is 9.03. The number of halogens is 4. The topological polar surface area (TPSA) is 105 Å². The van der Waals surface area contributed by atoms with Crippen molar-refractivity contribution >= 4 is 39.4 Å². The summed E-state index contributed by atoms with van der Waals surface area (Å²) >= 11 is 5.89. The van der Waals surface area contributed by atoms with Crippen LogP contribution in [0.15, 0.2) is 77.2 Å². The van der Waals surface area contributed by atoms with Gasteiger partial charge in [0, 0.05) is 0 Å². The number of amides is 1. The van der Waals surface area contributed by atoms with Crippen molar-refractivity contribution in [2.45, 2.75) is 11.1 Å². The predicted molar refractivity (Wildman–Crippen MR) is 126 cm³/mol. The Hall–Kier alpha value is -4.01. The van der Waals surface area contributed by atoms with Crippen molar-refractivity contribution in [1.29, 1.82) is 5.26 Å². The van der Waals surface area contributed by atoms with Gasteiger partial charge in [0.25, 0.3) is 5.91 Å². The molecule has 0 atom stereocenters. The van der Waals surface area contributed by atoms with Gasteiger partial charge in [0.1, 0.15) is 16.5 Å². The van der Waals surface area contributed by atoms with Crippen molar-refractivity contribution in [3.05, 3.63) is 88.5 Å². The minimum absolute atomic E-state index is 0.0122. The lowest BCUT2D eigenvalue weighted by atomic mass is 10.1. The van der Waals surface area contributed by atoms with Crippen LogP contribution in [0.2, 0.25) is 5.02 Å². The van der Waals surface area contributed by atoms with Crippen molar-refractivity contribution in [3.8, 4) is 17.6 Å². The number of carbonyl (C=O) groups excluding carboxylic acids is 1. The number of carbonyl (C=O) groups is 1. The molecule has 0 aromatic heterocycles. The number of nitrogens with zero attached hydrogens (tertiary/aromatic N) is 1. The molecule has 36 heavy (non-hydrogen) atoms. The Morgan fingerprint density at radius 2 is 1.75 bits per heavy atom. The highest BCUT2D eigenvalue weighted by atomic mass is 35.5. The standard InChI is InChI=1S/C24H16ClF3N2O5S/c1-34-22-12-15(7-10-21(22)35-36(32,33)18-5-3-2-4-6-18)11-16(14-29)23(31)30-20-13-17(24(26,27)28)8-9-19(20)25/h2-13H,1H3,(H,30,31)/b16-11+. The van der Waals surface area contributed by atoms with E-state index in [1.54, 1.807) is 12.1 Å². The second kappa shape index (κ2) is 10.7. The summed E-state index contributed by atoms with van der Waals surface area (Å²) in [6, 6.07) is 15.4. The number of methoxy groups -OCH3 is 1. The maximum absolute atomic E-state index is 13.0. The molecule has 3 aromatic carbocycles. The molecule has 1 N–H and O–H groups in total. The predicted octanol–water partition coefficient (Wildman–Crippen LogP) is 5.68. The third-order valence-corrected chi connectivity index (χ3v) is 6.22. The fourth-order valence-electron chi connectivity index (χ4n) is 2.90. The van der Waals surface area contributed by atoms with Gasteiger partial charge in [0.05, 0.1) is 23.4 Å². The molecule has 0 aliphatic heterocycles. The van der Waals surface area contributed by atoms with E-state index in [0.717, 1.165) is 18.2 Å². The molecule has 0 aliphatic carbocycles. The number of benzene rings is 3. The van der Waals surface area contributed by atoms with Crippen molar-refractivity contribution in [2.24, 2.45) is 0 Å². The average molecular weight is 537 g/mol. The van der Waals surface area contributed by atoms with Gasteiger partial charge in [0.2, 0.25) is 0 Å². The number of ether oxygens (including phenoxy) is 1. The summed E-state index contributed by atoms with van der Waals surface area (Å²) in [4.78, 5) is 12.5. The average Bonchev–Trinajstić information content (AvgIpc) is 2.84. The lowest BCUT2D eigenvalue weighted by Crippen LogP contribution is -2.15. The number of anilines is 1. The van der Waals surface area contributed by atoms with Gasteiger partial charge in [-0.15, -0.1) is 0 Å². The lowest BCUT2D eigenvalue weighted by Gasteiger charge is -2.12. The number of nitrogens with one attached hydrogen (secondary N) is 1. The first-order valence-corrected chi connectivity index (χ1v) is 11.7. The molecule has 0 unspecified atom stereocenters. The molecule has 0 saturated carbocycles. The van der Waals surface area contributed by atoms with E-state index in [4.69, 9.17) is 20.5 Å². The monoisotopic (exact) mass is 536 g/mol. The molecular formula is C24H16ClF3N2O5S. The van der Waals surface area contributed by atoms with E-state index in [1.807, 2.05) is 0 Å². The molecule has 7 nitrogen and oxygen atoms in total. The Kier molecular flexibility index (Phi) is 7.92. The van der Waals surface area contributed by atoms with Gasteiger partial charge in [-0.3, -0.25) is 4.79 Å². The third kappa shape index (κ3) is 6.35. The van der Waals surface area contributed by atoms with Crippen LogP contribution < -0.4 is 14.2 Å². The molecular weight excluding hydrogens is 521 g/mol. The SMILES string of the molecule is COc1cc(/C=C(\C#N)C(=O)Nc2cc(C(F)(F)F)ccc2Cl)ccc1OS(=O)(=O)c1ccccc1. The van der Waals surface area contributed by atoms with Gasteiger partial charge in [-0.2, -0.15) is 26.9 Å². The number of hydrogen-bond acceptors (Lipinski definition) is 6. The highest BCUT2D eigenvalue weighted by Gasteiger charge is 2.31. The minimum atomic E-state index is -4.66. The van der Waals surface area contributed by atoms with Crippen molar-refractivity contribution in [3.63, 3.8) is 0 Å². The first kappa shape index (κ1) is 26.6. The zero-order valence-corrected chi connectivity index (χ0v) is 19.9. The Balaban J connectivity index is 1.86. The lowest BCUT2D eigenvalue weighted by molar-refractivity contribution is -0.137. The highest BCUT2D eigenvalue weighted by molar-refractivity contribution is 7.87. The summed E-state index contributed by atoms with van der Waals surface area (Å²) in [6.45, 7) is 0. The molecule has 0 aliphatic rings. The van der Waals surface area contributed by atoms with Crippen molar-refractivity contribution in [2.75, 3.05) is 12.4 Å². The van der Waals surface area contributed by atoms with Crippen LogP contribution in [0.5, 0.6) is 11.5 Å². The maximum Gasteiger partial charge on any atom is 0.416 e. The summed E-state index contributed by atoms with van der Waals surface area (Å²) in [7, 11) is -2.89. The first-order valence-electron chi connectivity index (χ1n) is 9.92. The summed E-state index contributed by atoms with van der Waals surface area (Å²) in [5.74, 6) is -1.16. The van der Waals surface area contributed by atoms with E-state index >= 15 is 0 Å². The zero-order valence-electron chi connectivity index (χ0n) is 18.3. The molecule has 3 rings (SSSR count). The van der Waals surface area contributed by atoms with Gasteiger partial charge >= 0.3 is 16.3 Å². The number of alkyl halides is 3. The molecule has 3 aromatic rings. The van der Waals surface area contributed by atoms with Crippen LogP contribution >= 0.6 is 11.6 Å². The molecule has 0 spiro atoms. The fraction of sp³-hybridized carbons (Fsp3) is 0.0833. The van der Waals surface area contributed by atoms with Crippen LogP contribution in [0.3, 0.4) is 0 Å². The Morgan fingerprint density at radius 1 is 1.06 bits per heavy atom. The Labute approximate surface area is 209 Å². The van der Waals surface area contributed by atoms with E-state index < -0.39 is 33.3 Å². The van der Waals surface area contributed by atoms with Crippen LogP contribution in [0, 0.1) is 11.3 Å². The van der Waals surface area contributed by atoms with Gasteiger partial charge in [0.15, 0.2) is 11.5 Å². The molecule has 12 heteroatoms. The van der Waals surface area contributed by atoms with Gasteiger partial charge in [-0.1, -0.05) is 35.9 Å². The van der Waals surface area contributed by atoms with Gasteiger partial charge in [-0.25, -0.2) is 0 Å². The first-order chi connectivity index (χ1) is 16.9. The molecule has 1 amide bonds. The molecule has 186 valence electrons. The summed E-state index contributed by atoms with van der Waals surface area (Å²) in [5.41, 5.74) is -1.57. The van der Waals surface area contributed by atoms with E-state index in [9.17, 15) is 31.6 Å². The second-order valence-electron chi connectivity index (χ2n) is 7.08. The van der Waals surface area contributed by atoms with Crippen LogP contribution in [-0.2, 0) is 21.1 Å². The van der Waals surface area contributed by atoms with Crippen molar-refractivity contribution in [1.82, 2.24) is 0 Å².